The van der Waals surface area contributed by atoms with E-state index in [1.54, 1.807) is 19.2 Å². The largest absolute Gasteiger partial charge is 0.497 e. The molecule has 0 aromatic heterocycles. The van der Waals surface area contributed by atoms with Crippen LogP contribution in [0.25, 0.3) is 0 Å². The van der Waals surface area contributed by atoms with Crippen molar-refractivity contribution < 1.29 is 13.2 Å². The maximum absolute atomic E-state index is 12.7. The molecule has 2 aromatic carbocycles. The van der Waals surface area contributed by atoms with Gasteiger partial charge in [-0.2, -0.15) is 0 Å². The molecule has 1 fully saturated rings. The van der Waals surface area contributed by atoms with E-state index in [2.05, 4.69) is 9.62 Å². The third-order valence-corrected chi connectivity index (χ3v) is 6.57. The standard InChI is InChI=1S/C21H28N2O3S/c1-17-6-12-20(13-7-17)27(24,25)22-16-21(23-14-4-3-5-15-23)18-8-10-19(26-2)11-9-18/h6-13,21-22H,3-5,14-16H2,1-2H3. The van der Waals surface area contributed by atoms with E-state index < -0.39 is 10.0 Å². The number of benzene rings is 2. The highest BCUT2D eigenvalue weighted by Gasteiger charge is 2.24. The Hall–Kier alpha value is -1.89. The predicted molar refractivity (Wildman–Crippen MR) is 108 cm³/mol. The van der Waals surface area contributed by atoms with Crippen LogP contribution in [0, 0.1) is 6.92 Å². The lowest BCUT2D eigenvalue weighted by Crippen LogP contribution is -2.40. The second kappa shape index (κ2) is 8.87. The monoisotopic (exact) mass is 388 g/mol. The SMILES string of the molecule is COc1ccc(C(CNS(=O)(=O)c2ccc(C)cc2)N2CCCCC2)cc1. The Morgan fingerprint density at radius 2 is 1.63 bits per heavy atom. The maximum Gasteiger partial charge on any atom is 0.240 e. The zero-order chi connectivity index (χ0) is 19.3. The average Bonchev–Trinajstić information content (AvgIpc) is 2.70. The number of nitrogens with one attached hydrogen (secondary N) is 1. The summed E-state index contributed by atoms with van der Waals surface area (Å²) in [6.45, 7) is 4.27. The third-order valence-electron chi connectivity index (χ3n) is 5.13. The number of likely N-dealkylation sites (tertiary alicyclic amines) is 1. The molecule has 0 aliphatic carbocycles. The Labute approximate surface area is 162 Å². The van der Waals surface area contributed by atoms with E-state index in [0.29, 0.717) is 11.4 Å². The molecule has 27 heavy (non-hydrogen) atoms. The van der Waals surface area contributed by atoms with Crippen LogP contribution < -0.4 is 9.46 Å². The van der Waals surface area contributed by atoms with Crippen molar-refractivity contribution in [3.63, 3.8) is 0 Å². The fourth-order valence-electron chi connectivity index (χ4n) is 3.50. The molecular weight excluding hydrogens is 360 g/mol. The van der Waals surface area contributed by atoms with Gasteiger partial charge in [-0.15, -0.1) is 0 Å². The molecule has 0 amide bonds. The second-order valence-electron chi connectivity index (χ2n) is 7.05. The van der Waals surface area contributed by atoms with Gasteiger partial charge in [0, 0.05) is 12.6 Å². The number of methoxy groups -OCH3 is 1. The third kappa shape index (κ3) is 5.09. The predicted octanol–water partition coefficient (Wildman–Crippen LogP) is 3.51. The van der Waals surface area contributed by atoms with Crippen LogP contribution in [0.3, 0.4) is 0 Å². The zero-order valence-corrected chi connectivity index (χ0v) is 16.8. The van der Waals surface area contributed by atoms with E-state index in [1.165, 1.54) is 6.42 Å². The van der Waals surface area contributed by atoms with E-state index in [-0.39, 0.29) is 6.04 Å². The first kappa shape index (κ1) is 19.9. The number of sulfonamides is 1. The van der Waals surface area contributed by atoms with E-state index in [0.717, 1.165) is 42.8 Å². The van der Waals surface area contributed by atoms with E-state index in [1.807, 2.05) is 43.3 Å². The highest BCUT2D eigenvalue weighted by atomic mass is 32.2. The van der Waals surface area contributed by atoms with Crippen molar-refractivity contribution in [3.05, 3.63) is 59.7 Å². The molecule has 1 heterocycles. The van der Waals surface area contributed by atoms with Gasteiger partial charge in [0.1, 0.15) is 5.75 Å². The summed E-state index contributed by atoms with van der Waals surface area (Å²) in [5, 5.41) is 0. The minimum Gasteiger partial charge on any atom is -0.497 e. The molecule has 1 saturated heterocycles. The first-order valence-corrected chi connectivity index (χ1v) is 10.9. The normalized spacial score (nSPS) is 16.8. The van der Waals surface area contributed by atoms with Crippen molar-refractivity contribution in [2.45, 2.75) is 37.1 Å². The van der Waals surface area contributed by atoms with Gasteiger partial charge >= 0.3 is 0 Å². The molecule has 5 nitrogen and oxygen atoms in total. The Morgan fingerprint density at radius 1 is 1.00 bits per heavy atom. The molecule has 6 heteroatoms. The molecule has 0 spiro atoms. The summed E-state index contributed by atoms with van der Waals surface area (Å²) >= 11 is 0. The summed E-state index contributed by atoms with van der Waals surface area (Å²) in [6.07, 6.45) is 3.54. The Morgan fingerprint density at radius 3 is 2.22 bits per heavy atom. The van der Waals surface area contributed by atoms with Crippen LogP contribution >= 0.6 is 0 Å². The second-order valence-corrected chi connectivity index (χ2v) is 8.82. The maximum atomic E-state index is 12.7. The van der Waals surface area contributed by atoms with Crippen molar-refractivity contribution in [1.82, 2.24) is 9.62 Å². The first-order chi connectivity index (χ1) is 13.0. The lowest BCUT2D eigenvalue weighted by molar-refractivity contribution is 0.164. The fraction of sp³-hybridized carbons (Fsp3) is 0.429. The van der Waals surface area contributed by atoms with E-state index in [4.69, 9.17) is 4.74 Å². The Bertz CT molecular complexity index is 827. The smallest absolute Gasteiger partial charge is 0.240 e. The highest BCUT2D eigenvalue weighted by Crippen LogP contribution is 2.26. The fourth-order valence-corrected chi connectivity index (χ4v) is 4.54. The van der Waals surface area contributed by atoms with E-state index in [9.17, 15) is 8.42 Å². The number of piperidine rings is 1. The molecule has 0 bridgehead atoms. The molecule has 0 saturated carbocycles. The van der Waals surface area contributed by atoms with Crippen LogP contribution in [0.1, 0.15) is 36.4 Å². The molecular formula is C21H28N2O3S. The number of aryl methyl sites for hydroxylation is 1. The Balaban J connectivity index is 1.78. The van der Waals surface area contributed by atoms with Gasteiger partial charge in [0.15, 0.2) is 0 Å². The number of ether oxygens (including phenoxy) is 1. The van der Waals surface area contributed by atoms with Gasteiger partial charge in [0.2, 0.25) is 10.0 Å². The van der Waals surface area contributed by atoms with Crippen LogP contribution in [0.5, 0.6) is 5.75 Å². The molecule has 1 unspecified atom stereocenters. The van der Waals surface area contributed by atoms with Crippen LogP contribution in [0.2, 0.25) is 0 Å². The van der Waals surface area contributed by atoms with Gasteiger partial charge in [-0.1, -0.05) is 36.2 Å². The minimum absolute atomic E-state index is 0.0106. The van der Waals surface area contributed by atoms with Gasteiger partial charge < -0.3 is 4.74 Å². The molecule has 1 atom stereocenters. The molecule has 1 N–H and O–H groups in total. The number of hydrogen-bond donors (Lipinski definition) is 1. The number of rotatable bonds is 7. The van der Waals surface area contributed by atoms with Crippen LogP contribution in [-0.2, 0) is 10.0 Å². The lowest BCUT2D eigenvalue weighted by Gasteiger charge is -2.35. The first-order valence-electron chi connectivity index (χ1n) is 9.44. The zero-order valence-electron chi connectivity index (χ0n) is 16.0. The van der Waals surface area contributed by atoms with Gasteiger partial charge in [-0.3, -0.25) is 4.90 Å². The molecule has 146 valence electrons. The molecule has 1 aliphatic rings. The van der Waals surface area contributed by atoms with Crippen molar-refractivity contribution in [3.8, 4) is 5.75 Å². The molecule has 1 aliphatic heterocycles. The quantitative estimate of drug-likeness (QED) is 0.789. The van der Waals surface area contributed by atoms with Crippen LogP contribution in [-0.4, -0.2) is 40.1 Å². The summed E-state index contributed by atoms with van der Waals surface area (Å²) in [4.78, 5) is 2.68. The molecule has 0 radical (unpaired) electrons. The summed E-state index contributed by atoms with van der Waals surface area (Å²) in [7, 11) is -1.89. The van der Waals surface area contributed by atoms with Gasteiger partial charge in [0.25, 0.3) is 0 Å². The molecule has 3 rings (SSSR count). The summed E-state index contributed by atoms with van der Waals surface area (Å²) in [5.41, 5.74) is 2.14. The summed E-state index contributed by atoms with van der Waals surface area (Å²) < 4.78 is 33.5. The highest BCUT2D eigenvalue weighted by molar-refractivity contribution is 7.89. The summed E-state index contributed by atoms with van der Waals surface area (Å²) in [6, 6.07) is 14.9. The van der Waals surface area contributed by atoms with Crippen molar-refractivity contribution in [1.29, 1.82) is 0 Å². The van der Waals surface area contributed by atoms with Crippen LogP contribution in [0.4, 0.5) is 0 Å². The number of nitrogens with zero attached hydrogens (tertiary/aromatic N) is 1. The Kier molecular flexibility index (Phi) is 6.52. The van der Waals surface area contributed by atoms with Gasteiger partial charge in [-0.05, 0) is 62.7 Å². The van der Waals surface area contributed by atoms with Crippen LogP contribution in [0.15, 0.2) is 53.4 Å². The van der Waals surface area contributed by atoms with Crippen molar-refractivity contribution in [2.75, 3.05) is 26.7 Å². The summed E-state index contributed by atoms with van der Waals surface area (Å²) in [5.74, 6) is 0.802. The van der Waals surface area contributed by atoms with Gasteiger partial charge in [-0.25, -0.2) is 13.1 Å². The van der Waals surface area contributed by atoms with Crippen molar-refractivity contribution in [2.24, 2.45) is 0 Å². The lowest BCUT2D eigenvalue weighted by atomic mass is 10.0. The minimum atomic E-state index is -3.53. The average molecular weight is 389 g/mol. The van der Waals surface area contributed by atoms with Crippen molar-refractivity contribution >= 4 is 10.0 Å². The number of hydrogen-bond acceptors (Lipinski definition) is 4. The van der Waals surface area contributed by atoms with Gasteiger partial charge in [0.05, 0.1) is 12.0 Å². The topological polar surface area (TPSA) is 58.6 Å². The molecule has 2 aromatic rings. The van der Waals surface area contributed by atoms with E-state index >= 15 is 0 Å².